The van der Waals surface area contributed by atoms with Gasteiger partial charge in [-0.05, 0) is 18.3 Å². The second-order valence-electron chi connectivity index (χ2n) is 4.61. The summed E-state index contributed by atoms with van der Waals surface area (Å²) in [5, 5.41) is 10.5. The Morgan fingerprint density at radius 3 is 2.87 bits per heavy atom. The van der Waals surface area contributed by atoms with E-state index >= 15 is 0 Å². The molecule has 0 atom stereocenters. The first kappa shape index (κ1) is 16.2. The molecule has 0 fully saturated rings. The minimum Gasteiger partial charge on any atom is -0.404 e. The maximum absolute atomic E-state index is 13.7. The van der Waals surface area contributed by atoms with Crippen molar-refractivity contribution < 1.29 is 4.39 Å². The number of nitrogens with one attached hydrogen (secondary N) is 2. The van der Waals surface area contributed by atoms with Crippen molar-refractivity contribution in [1.82, 2.24) is 4.98 Å². The molecule has 0 saturated carbocycles. The van der Waals surface area contributed by atoms with Crippen LogP contribution in [0.2, 0.25) is 0 Å². The van der Waals surface area contributed by atoms with Crippen LogP contribution in [0.15, 0.2) is 53.8 Å². The Morgan fingerprint density at radius 1 is 1.39 bits per heavy atom. The van der Waals surface area contributed by atoms with Gasteiger partial charge in [0.15, 0.2) is 5.82 Å². The van der Waals surface area contributed by atoms with Crippen molar-refractivity contribution in [3.05, 3.63) is 65.7 Å². The molecular weight excluding hydrogens is 295 g/mol. The Kier molecular flexibility index (Phi) is 5.40. The Hall–Kier alpha value is -3.22. The molecule has 0 aliphatic rings. The van der Waals surface area contributed by atoms with E-state index in [2.05, 4.69) is 15.3 Å². The number of hydrogen-bond acceptors (Lipinski definition) is 5. The first-order valence-corrected chi connectivity index (χ1v) is 6.84. The lowest BCUT2D eigenvalue weighted by Crippen LogP contribution is -2.08. The third-order valence-corrected chi connectivity index (χ3v) is 3.01. The fourth-order valence-electron chi connectivity index (χ4n) is 1.88. The van der Waals surface area contributed by atoms with Crippen molar-refractivity contribution in [2.45, 2.75) is 6.54 Å². The molecule has 1 heterocycles. The first-order chi connectivity index (χ1) is 11.1. The lowest BCUT2D eigenvalue weighted by molar-refractivity contribution is 0.613. The molecule has 0 unspecified atom stereocenters. The van der Waals surface area contributed by atoms with Gasteiger partial charge < -0.3 is 22.2 Å². The molecular formula is C16H17FN6. The molecule has 0 saturated heterocycles. The van der Waals surface area contributed by atoms with Gasteiger partial charge in [-0.2, -0.15) is 0 Å². The number of hydrogen-bond donors (Lipinski definition) is 4. The number of pyridine rings is 1. The van der Waals surface area contributed by atoms with E-state index in [0.29, 0.717) is 22.6 Å². The van der Waals surface area contributed by atoms with Crippen LogP contribution >= 0.6 is 0 Å². The summed E-state index contributed by atoms with van der Waals surface area (Å²) >= 11 is 0. The van der Waals surface area contributed by atoms with Gasteiger partial charge in [-0.15, -0.1) is 0 Å². The van der Waals surface area contributed by atoms with Gasteiger partial charge in [-0.1, -0.05) is 18.2 Å². The van der Waals surface area contributed by atoms with Crippen LogP contribution in [0.1, 0.15) is 11.1 Å². The molecule has 0 bridgehead atoms. The van der Waals surface area contributed by atoms with E-state index in [-0.39, 0.29) is 18.2 Å². The summed E-state index contributed by atoms with van der Waals surface area (Å²) in [5.74, 6) is 0.283. The van der Waals surface area contributed by atoms with Gasteiger partial charge in [-0.25, -0.2) is 14.4 Å². The van der Waals surface area contributed by atoms with Gasteiger partial charge in [0.2, 0.25) is 0 Å². The Morgan fingerprint density at radius 2 is 2.17 bits per heavy atom. The molecule has 2 aromatic rings. The predicted molar refractivity (Wildman–Crippen MR) is 90.5 cm³/mol. The molecule has 0 aliphatic heterocycles. The quantitative estimate of drug-likeness (QED) is 0.484. The smallest absolute Gasteiger partial charge is 0.156 e. The molecule has 0 radical (unpaired) electrons. The van der Waals surface area contributed by atoms with Gasteiger partial charge in [0.05, 0.1) is 0 Å². The first-order valence-electron chi connectivity index (χ1n) is 6.84. The SMILES string of the molecule is N=Cc1cnc(N=C(N)/C=C\N)cc1NCc1ccccc1F. The summed E-state index contributed by atoms with van der Waals surface area (Å²) in [6.45, 7) is 0.277. The molecule has 0 spiro atoms. The van der Waals surface area contributed by atoms with Crippen molar-refractivity contribution >= 4 is 23.6 Å². The molecule has 2 rings (SSSR count). The van der Waals surface area contributed by atoms with Crippen LogP contribution in [0.5, 0.6) is 0 Å². The summed E-state index contributed by atoms with van der Waals surface area (Å²) in [6, 6.07) is 8.13. The van der Waals surface area contributed by atoms with E-state index in [9.17, 15) is 4.39 Å². The summed E-state index contributed by atoms with van der Waals surface area (Å²) in [6.07, 6.45) is 5.38. The highest BCUT2D eigenvalue weighted by Crippen LogP contribution is 2.20. The topological polar surface area (TPSA) is 113 Å². The van der Waals surface area contributed by atoms with Crippen LogP contribution in [0.25, 0.3) is 0 Å². The molecule has 118 valence electrons. The van der Waals surface area contributed by atoms with E-state index in [1.165, 1.54) is 24.5 Å². The summed E-state index contributed by atoms with van der Waals surface area (Å²) < 4.78 is 13.7. The molecule has 6 N–H and O–H groups in total. The second-order valence-corrected chi connectivity index (χ2v) is 4.61. The van der Waals surface area contributed by atoms with Gasteiger partial charge >= 0.3 is 0 Å². The van der Waals surface area contributed by atoms with Crippen molar-refractivity contribution in [3.63, 3.8) is 0 Å². The van der Waals surface area contributed by atoms with Crippen molar-refractivity contribution in [2.75, 3.05) is 5.32 Å². The Labute approximate surface area is 133 Å². The lowest BCUT2D eigenvalue weighted by atomic mass is 10.2. The van der Waals surface area contributed by atoms with Crippen molar-refractivity contribution in [1.29, 1.82) is 5.41 Å². The summed E-state index contributed by atoms with van der Waals surface area (Å²) in [4.78, 5) is 8.18. The number of nitrogens with zero attached hydrogens (tertiary/aromatic N) is 2. The standard InChI is InChI=1S/C16H17FN6/c17-13-4-2-1-3-11(13)9-21-14-7-16(22-10-12(14)8-19)23-15(20)5-6-18/h1-8,10,19H,9,18H2,(H3,20,21,22,23)/b6-5-,19-8?. The number of anilines is 1. The van der Waals surface area contributed by atoms with Crippen molar-refractivity contribution in [3.8, 4) is 0 Å². The highest BCUT2D eigenvalue weighted by Gasteiger charge is 2.05. The summed E-state index contributed by atoms with van der Waals surface area (Å²) in [5.41, 5.74) is 12.6. The zero-order chi connectivity index (χ0) is 16.7. The van der Waals surface area contributed by atoms with Crippen molar-refractivity contribution in [2.24, 2.45) is 16.5 Å². The molecule has 7 heteroatoms. The minimum atomic E-state index is -0.291. The number of aliphatic imine (C=N–C) groups is 1. The zero-order valence-corrected chi connectivity index (χ0v) is 12.3. The number of rotatable bonds is 6. The van der Waals surface area contributed by atoms with Crippen LogP contribution in [-0.2, 0) is 6.54 Å². The van der Waals surface area contributed by atoms with Gasteiger partial charge in [0.25, 0.3) is 0 Å². The van der Waals surface area contributed by atoms with Gasteiger partial charge in [0, 0.05) is 41.8 Å². The van der Waals surface area contributed by atoms with Crippen LogP contribution in [-0.4, -0.2) is 17.0 Å². The fraction of sp³-hybridized carbons (Fsp3) is 0.0625. The lowest BCUT2D eigenvalue weighted by Gasteiger charge is -2.10. The highest BCUT2D eigenvalue weighted by atomic mass is 19.1. The maximum atomic E-state index is 13.7. The van der Waals surface area contributed by atoms with Crippen LogP contribution in [0.4, 0.5) is 15.9 Å². The zero-order valence-electron chi connectivity index (χ0n) is 12.3. The Balaban J connectivity index is 2.24. The molecule has 1 aromatic carbocycles. The van der Waals surface area contributed by atoms with E-state index < -0.39 is 0 Å². The van der Waals surface area contributed by atoms with Gasteiger partial charge in [-0.3, -0.25) is 0 Å². The van der Waals surface area contributed by atoms with Gasteiger partial charge in [0.1, 0.15) is 11.7 Å². The summed E-state index contributed by atoms with van der Waals surface area (Å²) in [7, 11) is 0. The molecule has 23 heavy (non-hydrogen) atoms. The number of amidine groups is 1. The van der Waals surface area contributed by atoms with E-state index in [1.54, 1.807) is 24.3 Å². The average molecular weight is 312 g/mol. The van der Waals surface area contributed by atoms with E-state index in [4.69, 9.17) is 16.9 Å². The maximum Gasteiger partial charge on any atom is 0.156 e. The predicted octanol–water partition coefficient (Wildman–Crippen LogP) is 2.29. The monoisotopic (exact) mass is 312 g/mol. The van der Waals surface area contributed by atoms with E-state index in [1.807, 2.05) is 0 Å². The fourth-order valence-corrected chi connectivity index (χ4v) is 1.88. The number of halogens is 1. The number of aromatic nitrogens is 1. The van der Waals surface area contributed by atoms with E-state index in [0.717, 1.165) is 6.21 Å². The third kappa shape index (κ3) is 4.37. The largest absolute Gasteiger partial charge is 0.404 e. The third-order valence-electron chi connectivity index (χ3n) is 3.01. The molecule has 0 aliphatic carbocycles. The number of benzene rings is 1. The molecule has 1 aromatic heterocycles. The minimum absolute atomic E-state index is 0.211. The molecule has 0 amide bonds. The normalized spacial score (nSPS) is 11.6. The number of nitrogens with two attached hydrogens (primary N) is 2. The second kappa shape index (κ2) is 7.69. The highest BCUT2D eigenvalue weighted by molar-refractivity contribution is 5.93. The van der Waals surface area contributed by atoms with Crippen LogP contribution < -0.4 is 16.8 Å². The average Bonchev–Trinajstić information content (AvgIpc) is 2.54. The molecule has 6 nitrogen and oxygen atoms in total. The van der Waals surface area contributed by atoms with Crippen LogP contribution in [0, 0.1) is 11.2 Å². The van der Waals surface area contributed by atoms with Crippen LogP contribution in [0.3, 0.4) is 0 Å². The Bertz CT molecular complexity index is 754.